The first-order chi connectivity index (χ1) is 16.7. The Morgan fingerprint density at radius 1 is 0.886 bits per heavy atom. The number of benzene rings is 3. The lowest BCUT2D eigenvalue weighted by molar-refractivity contribution is -0.132. The zero-order valence-corrected chi connectivity index (χ0v) is 20.4. The lowest BCUT2D eigenvalue weighted by Crippen LogP contribution is -2.29. The average Bonchev–Trinajstić information content (AvgIpc) is 3.14. The molecule has 1 saturated heterocycles. The van der Waals surface area contributed by atoms with E-state index in [2.05, 4.69) is 0 Å². The maximum absolute atomic E-state index is 13.4. The Morgan fingerprint density at radius 3 is 1.97 bits per heavy atom. The highest BCUT2D eigenvalue weighted by Gasteiger charge is 2.47. The van der Waals surface area contributed by atoms with Crippen molar-refractivity contribution in [3.8, 4) is 11.5 Å². The van der Waals surface area contributed by atoms with Gasteiger partial charge in [0.15, 0.2) is 0 Å². The molecule has 1 N–H and O–H groups in total. The minimum Gasteiger partial charge on any atom is -0.507 e. The standard InChI is InChI=1S/C28H28N2O5/c1-17-6-8-19(9-7-17)26(31)24-25(18-10-12-20(13-11-18)29(2)3)30(28(33)27(24)32)21-14-22(34-4)16-23(15-21)35-5/h6-16,25,31H,1-5H3/b26-24+. The summed E-state index contributed by atoms with van der Waals surface area (Å²) in [4.78, 5) is 30.1. The first-order valence-electron chi connectivity index (χ1n) is 11.1. The molecule has 1 amide bonds. The van der Waals surface area contributed by atoms with Crippen LogP contribution in [0.25, 0.3) is 5.76 Å². The van der Waals surface area contributed by atoms with Crippen LogP contribution in [-0.4, -0.2) is 45.1 Å². The van der Waals surface area contributed by atoms with Gasteiger partial charge in [0, 0.05) is 43.5 Å². The molecule has 7 nitrogen and oxygen atoms in total. The molecular weight excluding hydrogens is 444 g/mol. The molecule has 0 aromatic heterocycles. The number of ketones is 1. The Kier molecular flexibility index (Phi) is 6.51. The van der Waals surface area contributed by atoms with Crippen LogP contribution >= 0.6 is 0 Å². The number of methoxy groups -OCH3 is 2. The van der Waals surface area contributed by atoms with Crippen molar-refractivity contribution in [2.45, 2.75) is 13.0 Å². The number of carbonyl (C=O) groups excluding carboxylic acids is 2. The number of anilines is 2. The maximum Gasteiger partial charge on any atom is 0.300 e. The molecule has 0 aliphatic carbocycles. The second-order valence-electron chi connectivity index (χ2n) is 8.59. The highest BCUT2D eigenvalue weighted by Crippen LogP contribution is 2.44. The van der Waals surface area contributed by atoms with Crippen LogP contribution in [0.15, 0.2) is 72.3 Å². The van der Waals surface area contributed by atoms with Gasteiger partial charge >= 0.3 is 0 Å². The second kappa shape index (κ2) is 9.54. The molecule has 4 rings (SSSR count). The molecule has 180 valence electrons. The van der Waals surface area contributed by atoms with Gasteiger partial charge in [-0.05, 0) is 24.6 Å². The first kappa shape index (κ1) is 23.9. The Balaban J connectivity index is 1.95. The minimum atomic E-state index is -0.843. The van der Waals surface area contributed by atoms with E-state index in [1.807, 2.05) is 62.3 Å². The molecule has 7 heteroatoms. The van der Waals surface area contributed by atoms with Crippen LogP contribution < -0.4 is 19.3 Å². The van der Waals surface area contributed by atoms with Gasteiger partial charge in [-0.15, -0.1) is 0 Å². The number of rotatable bonds is 6. The number of aliphatic hydroxyl groups is 1. The van der Waals surface area contributed by atoms with Gasteiger partial charge in [0.05, 0.1) is 31.5 Å². The van der Waals surface area contributed by atoms with Gasteiger partial charge in [0.1, 0.15) is 17.3 Å². The van der Waals surface area contributed by atoms with Crippen LogP contribution in [0.2, 0.25) is 0 Å². The van der Waals surface area contributed by atoms with E-state index < -0.39 is 17.7 Å². The van der Waals surface area contributed by atoms with E-state index in [9.17, 15) is 14.7 Å². The van der Waals surface area contributed by atoms with Crippen molar-refractivity contribution < 1.29 is 24.2 Å². The molecule has 0 radical (unpaired) electrons. The lowest BCUT2D eigenvalue weighted by atomic mass is 9.94. The van der Waals surface area contributed by atoms with E-state index in [-0.39, 0.29) is 11.3 Å². The molecule has 3 aromatic carbocycles. The van der Waals surface area contributed by atoms with Gasteiger partial charge in [-0.2, -0.15) is 0 Å². The summed E-state index contributed by atoms with van der Waals surface area (Å²) >= 11 is 0. The summed E-state index contributed by atoms with van der Waals surface area (Å²) in [6.45, 7) is 1.94. The van der Waals surface area contributed by atoms with Crippen LogP contribution in [0.4, 0.5) is 11.4 Å². The molecule has 35 heavy (non-hydrogen) atoms. The third-order valence-electron chi connectivity index (χ3n) is 6.11. The molecule has 1 aliphatic heterocycles. The summed E-state index contributed by atoms with van der Waals surface area (Å²) in [5.74, 6) is -0.771. The summed E-state index contributed by atoms with van der Waals surface area (Å²) in [5.41, 5.74) is 3.58. The predicted octanol–water partition coefficient (Wildman–Crippen LogP) is 4.70. The third-order valence-corrected chi connectivity index (χ3v) is 6.11. The number of aliphatic hydroxyl groups excluding tert-OH is 1. The van der Waals surface area contributed by atoms with E-state index in [1.165, 1.54) is 19.1 Å². The fourth-order valence-electron chi connectivity index (χ4n) is 4.17. The van der Waals surface area contributed by atoms with Crippen LogP contribution in [0.1, 0.15) is 22.7 Å². The maximum atomic E-state index is 13.4. The third kappa shape index (κ3) is 4.45. The zero-order valence-electron chi connectivity index (χ0n) is 20.4. The van der Waals surface area contributed by atoms with Crippen molar-refractivity contribution in [1.29, 1.82) is 0 Å². The molecule has 1 fully saturated rings. The molecule has 1 atom stereocenters. The van der Waals surface area contributed by atoms with Crippen LogP contribution in [0, 0.1) is 6.92 Å². The molecule has 1 heterocycles. The summed E-state index contributed by atoms with van der Waals surface area (Å²) in [6.07, 6.45) is 0. The van der Waals surface area contributed by atoms with E-state index in [0.717, 1.165) is 11.3 Å². The fraction of sp³-hybridized carbons (Fsp3) is 0.214. The molecule has 1 unspecified atom stereocenters. The zero-order chi connectivity index (χ0) is 25.3. The van der Waals surface area contributed by atoms with Gasteiger partial charge < -0.3 is 19.5 Å². The number of Topliss-reactive ketones (excluding diaryl/α,β-unsaturated/α-hetero) is 1. The van der Waals surface area contributed by atoms with Crippen molar-refractivity contribution in [2.75, 3.05) is 38.1 Å². The number of ether oxygens (including phenoxy) is 2. The largest absolute Gasteiger partial charge is 0.507 e. The number of aryl methyl sites for hydroxylation is 1. The van der Waals surface area contributed by atoms with Crippen LogP contribution in [0.5, 0.6) is 11.5 Å². The number of carbonyl (C=O) groups is 2. The summed E-state index contributed by atoms with van der Waals surface area (Å²) in [6, 6.07) is 18.9. The van der Waals surface area contributed by atoms with Crippen molar-refractivity contribution in [1.82, 2.24) is 0 Å². The molecule has 0 spiro atoms. The molecule has 0 bridgehead atoms. The molecule has 0 saturated carbocycles. The minimum absolute atomic E-state index is 0.0262. The normalized spacial score (nSPS) is 16.9. The van der Waals surface area contributed by atoms with Gasteiger partial charge in [-0.1, -0.05) is 42.0 Å². The first-order valence-corrected chi connectivity index (χ1v) is 11.1. The van der Waals surface area contributed by atoms with Crippen molar-refractivity contribution in [2.24, 2.45) is 0 Å². The highest BCUT2D eigenvalue weighted by molar-refractivity contribution is 6.51. The summed E-state index contributed by atoms with van der Waals surface area (Å²) in [7, 11) is 6.89. The van der Waals surface area contributed by atoms with E-state index >= 15 is 0 Å². The quantitative estimate of drug-likeness (QED) is 0.318. The summed E-state index contributed by atoms with van der Waals surface area (Å²) < 4.78 is 10.8. The van der Waals surface area contributed by atoms with Crippen molar-refractivity contribution in [3.05, 3.63) is 89.0 Å². The number of hydrogen-bond donors (Lipinski definition) is 1. The molecule has 1 aliphatic rings. The number of hydrogen-bond acceptors (Lipinski definition) is 6. The smallest absolute Gasteiger partial charge is 0.300 e. The van der Waals surface area contributed by atoms with Crippen molar-refractivity contribution in [3.63, 3.8) is 0 Å². The SMILES string of the molecule is COc1cc(OC)cc(N2C(=O)C(=O)/C(=C(/O)c3ccc(C)cc3)C2c2ccc(N(C)C)cc2)c1. The van der Waals surface area contributed by atoms with Gasteiger partial charge in [0.25, 0.3) is 11.7 Å². The highest BCUT2D eigenvalue weighted by atomic mass is 16.5. The monoisotopic (exact) mass is 472 g/mol. The Hall–Kier alpha value is -4.26. The lowest BCUT2D eigenvalue weighted by Gasteiger charge is -2.26. The molecular formula is C28H28N2O5. The van der Waals surface area contributed by atoms with Crippen LogP contribution in [0.3, 0.4) is 0 Å². The number of amides is 1. The Labute approximate surface area is 204 Å². The van der Waals surface area contributed by atoms with E-state index in [1.54, 1.807) is 30.3 Å². The predicted molar refractivity (Wildman–Crippen MR) is 136 cm³/mol. The van der Waals surface area contributed by atoms with Crippen molar-refractivity contribution >= 4 is 28.8 Å². The van der Waals surface area contributed by atoms with E-state index in [0.29, 0.717) is 28.3 Å². The topological polar surface area (TPSA) is 79.3 Å². The Bertz CT molecular complexity index is 1270. The van der Waals surface area contributed by atoms with Crippen LogP contribution in [-0.2, 0) is 9.59 Å². The Morgan fingerprint density at radius 2 is 1.46 bits per heavy atom. The van der Waals surface area contributed by atoms with Gasteiger partial charge in [-0.3, -0.25) is 14.5 Å². The second-order valence-corrected chi connectivity index (χ2v) is 8.59. The summed E-state index contributed by atoms with van der Waals surface area (Å²) in [5, 5.41) is 11.3. The van der Waals surface area contributed by atoms with E-state index in [4.69, 9.17) is 9.47 Å². The van der Waals surface area contributed by atoms with Gasteiger partial charge in [-0.25, -0.2) is 0 Å². The fourth-order valence-corrected chi connectivity index (χ4v) is 4.17. The average molecular weight is 473 g/mol. The number of nitrogens with zero attached hydrogens (tertiary/aromatic N) is 2. The molecule has 3 aromatic rings. The van der Waals surface area contributed by atoms with Gasteiger partial charge in [0.2, 0.25) is 0 Å².